The Morgan fingerprint density at radius 1 is 1.19 bits per heavy atom. The zero-order valence-corrected chi connectivity index (χ0v) is 17.3. The molecule has 0 spiro atoms. The number of hydrazone groups is 1. The van der Waals surface area contributed by atoms with Crippen molar-refractivity contribution in [2.45, 2.75) is 20.8 Å². The molecule has 140 valence electrons. The lowest BCUT2D eigenvalue weighted by Gasteiger charge is -2.18. The Labute approximate surface area is 170 Å². The molecular formula is C19H18BrClN4O2. The zero-order valence-electron chi connectivity index (χ0n) is 15.0. The Balaban J connectivity index is 1.81. The van der Waals surface area contributed by atoms with E-state index in [9.17, 15) is 9.59 Å². The molecule has 6 nitrogen and oxygen atoms in total. The van der Waals surface area contributed by atoms with Crippen molar-refractivity contribution in [1.82, 2.24) is 5.43 Å². The maximum atomic E-state index is 12.4. The molecular weight excluding hydrogens is 432 g/mol. The highest BCUT2D eigenvalue weighted by Crippen LogP contribution is 2.30. The molecule has 3 amide bonds. The van der Waals surface area contributed by atoms with Crippen molar-refractivity contribution >= 4 is 56.6 Å². The lowest BCUT2D eigenvalue weighted by molar-refractivity contribution is -0.125. The molecule has 0 radical (unpaired) electrons. The van der Waals surface area contributed by atoms with Crippen molar-refractivity contribution in [3.63, 3.8) is 0 Å². The minimum absolute atomic E-state index is 0.164. The van der Waals surface area contributed by atoms with Crippen molar-refractivity contribution in [1.29, 1.82) is 0 Å². The van der Waals surface area contributed by atoms with Gasteiger partial charge in [-0.3, -0.25) is 4.79 Å². The van der Waals surface area contributed by atoms with E-state index in [0.717, 1.165) is 15.6 Å². The molecule has 1 aliphatic rings. The summed E-state index contributed by atoms with van der Waals surface area (Å²) in [4.78, 5) is 24.3. The average Bonchev–Trinajstić information content (AvgIpc) is 2.83. The highest BCUT2D eigenvalue weighted by molar-refractivity contribution is 9.10. The summed E-state index contributed by atoms with van der Waals surface area (Å²) in [7, 11) is 0. The zero-order chi connectivity index (χ0) is 19.8. The van der Waals surface area contributed by atoms with Gasteiger partial charge in [0.05, 0.1) is 11.1 Å². The van der Waals surface area contributed by atoms with Crippen LogP contribution in [0.3, 0.4) is 0 Å². The number of anilines is 2. The summed E-state index contributed by atoms with van der Waals surface area (Å²) in [6.45, 7) is 5.47. The highest BCUT2D eigenvalue weighted by Gasteiger charge is 2.39. The molecule has 3 rings (SSSR count). The number of aryl methyl sites for hydroxylation is 1. The Morgan fingerprint density at radius 3 is 2.56 bits per heavy atom. The third kappa shape index (κ3) is 4.14. The maximum absolute atomic E-state index is 12.4. The monoisotopic (exact) mass is 448 g/mol. The highest BCUT2D eigenvalue weighted by atomic mass is 79.9. The van der Waals surface area contributed by atoms with Crippen LogP contribution in [0.2, 0.25) is 5.02 Å². The van der Waals surface area contributed by atoms with Gasteiger partial charge in [0.1, 0.15) is 0 Å². The van der Waals surface area contributed by atoms with Gasteiger partial charge in [-0.2, -0.15) is 5.10 Å². The molecule has 1 heterocycles. The van der Waals surface area contributed by atoms with Crippen LogP contribution in [0.5, 0.6) is 0 Å². The first-order valence-corrected chi connectivity index (χ1v) is 9.37. The lowest BCUT2D eigenvalue weighted by atomic mass is 9.84. The molecule has 0 aliphatic carbocycles. The van der Waals surface area contributed by atoms with E-state index in [1.807, 2.05) is 13.0 Å². The number of carbonyl (C=O) groups excluding carboxylic acids is 2. The van der Waals surface area contributed by atoms with Crippen LogP contribution in [0, 0.1) is 12.3 Å². The fraction of sp³-hybridized carbons (Fsp3) is 0.211. The predicted molar refractivity (Wildman–Crippen MR) is 111 cm³/mol. The molecule has 2 aromatic rings. The molecule has 0 unspecified atom stereocenters. The van der Waals surface area contributed by atoms with Crippen molar-refractivity contribution < 1.29 is 9.59 Å². The van der Waals surface area contributed by atoms with Crippen LogP contribution < -0.4 is 16.1 Å². The SMILES string of the molecule is Cc1cc(Cl)ccc1NC(=O)Nc1cc(Br)cc(C2=NNC(=O)C2(C)C)c1. The van der Waals surface area contributed by atoms with Gasteiger partial charge in [-0.25, -0.2) is 10.2 Å². The van der Waals surface area contributed by atoms with Crippen molar-refractivity contribution in [3.8, 4) is 0 Å². The molecule has 0 atom stereocenters. The first-order valence-electron chi connectivity index (χ1n) is 8.20. The van der Waals surface area contributed by atoms with E-state index < -0.39 is 5.41 Å². The van der Waals surface area contributed by atoms with Crippen molar-refractivity contribution in [3.05, 3.63) is 57.0 Å². The van der Waals surface area contributed by atoms with E-state index in [0.29, 0.717) is 22.1 Å². The number of hydrogen-bond donors (Lipinski definition) is 3. The van der Waals surface area contributed by atoms with Crippen LogP contribution in [-0.4, -0.2) is 17.6 Å². The molecule has 8 heteroatoms. The summed E-state index contributed by atoms with van der Waals surface area (Å²) >= 11 is 9.38. The van der Waals surface area contributed by atoms with E-state index in [2.05, 4.69) is 37.1 Å². The fourth-order valence-electron chi connectivity index (χ4n) is 2.77. The second-order valence-electron chi connectivity index (χ2n) is 6.79. The average molecular weight is 450 g/mol. The molecule has 3 N–H and O–H groups in total. The van der Waals surface area contributed by atoms with Crippen LogP contribution in [-0.2, 0) is 4.79 Å². The summed E-state index contributed by atoms with van der Waals surface area (Å²) in [5.74, 6) is -0.164. The van der Waals surface area contributed by atoms with Gasteiger partial charge in [0.25, 0.3) is 5.91 Å². The number of urea groups is 1. The first-order chi connectivity index (χ1) is 12.7. The minimum atomic E-state index is -0.749. The second-order valence-corrected chi connectivity index (χ2v) is 8.15. The Morgan fingerprint density at radius 2 is 1.93 bits per heavy atom. The van der Waals surface area contributed by atoms with Gasteiger partial charge in [0, 0.05) is 26.4 Å². The van der Waals surface area contributed by atoms with Gasteiger partial charge in [0.2, 0.25) is 0 Å². The summed E-state index contributed by atoms with van der Waals surface area (Å²) < 4.78 is 0.760. The van der Waals surface area contributed by atoms with E-state index in [1.165, 1.54) is 0 Å². The third-order valence-electron chi connectivity index (χ3n) is 4.29. The van der Waals surface area contributed by atoms with Crippen LogP contribution in [0.1, 0.15) is 25.0 Å². The lowest BCUT2D eigenvalue weighted by Crippen LogP contribution is -2.32. The van der Waals surface area contributed by atoms with Gasteiger partial charge in [0.15, 0.2) is 0 Å². The standard InChI is InChI=1S/C19H18BrClN4O2/c1-10-6-13(21)4-5-15(10)23-18(27)22-14-8-11(7-12(20)9-14)16-19(2,3)17(26)25-24-16/h4-9H,1-3H3,(H,25,26)(H2,22,23,27). The number of halogens is 2. The quantitative estimate of drug-likeness (QED) is 0.622. The minimum Gasteiger partial charge on any atom is -0.308 e. The number of amides is 3. The Bertz CT molecular complexity index is 972. The molecule has 1 aliphatic heterocycles. The van der Waals surface area contributed by atoms with E-state index in [-0.39, 0.29) is 11.9 Å². The van der Waals surface area contributed by atoms with Gasteiger partial charge < -0.3 is 10.6 Å². The number of nitrogens with zero attached hydrogens (tertiary/aromatic N) is 1. The van der Waals surface area contributed by atoms with Gasteiger partial charge in [-0.1, -0.05) is 27.5 Å². The van der Waals surface area contributed by atoms with Crippen LogP contribution in [0.4, 0.5) is 16.2 Å². The smallest absolute Gasteiger partial charge is 0.308 e. The van der Waals surface area contributed by atoms with Crippen LogP contribution >= 0.6 is 27.5 Å². The fourth-order valence-corrected chi connectivity index (χ4v) is 3.49. The first kappa shape index (κ1) is 19.4. The number of rotatable bonds is 3. The normalized spacial score (nSPS) is 15.1. The maximum Gasteiger partial charge on any atom is 0.323 e. The molecule has 0 fully saturated rings. The Hall–Kier alpha value is -2.38. The summed E-state index contributed by atoms with van der Waals surface area (Å²) in [5.41, 5.74) is 5.21. The Kier molecular flexibility index (Phi) is 5.26. The molecule has 0 saturated heterocycles. The molecule has 0 saturated carbocycles. The van der Waals surface area contributed by atoms with Gasteiger partial charge in [-0.15, -0.1) is 0 Å². The number of carbonyl (C=O) groups is 2. The van der Waals surface area contributed by atoms with Crippen LogP contribution in [0.15, 0.2) is 46.0 Å². The van der Waals surface area contributed by atoms with Crippen molar-refractivity contribution in [2.24, 2.45) is 10.5 Å². The third-order valence-corrected chi connectivity index (χ3v) is 4.99. The second kappa shape index (κ2) is 7.32. The summed E-state index contributed by atoms with van der Waals surface area (Å²) in [6.07, 6.45) is 0. The number of nitrogens with one attached hydrogen (secondary N) is 3. The molecule has 2 aromatic carbocycles. The summed E-state index contributed by atoms with van der Waals surface area (Å²) in [5, 5.41) is 10.4. The van der Waals surface area contributed by atoms with Gasteiger partial charge in [-0.05, 0) is 62.7 Å². The topological polar surface area (TPSA) is 82.6 Å². The van der Waals surface area contributed by atoms with E-state index in [1.54, 1.807) is 44.2 Å². The van der Waals surface area contributed by atoms with Gasteiger partial charge >= 0.3 is 6.03 Å². The predicted octanol–water partition coefficient (Wildman–Crippen LogP) is 4.92. The molecule has 27 heavy (non-hydrogen) atoms. The number of hydrogen-bond acceptors (Lipinski definition) is 3. The van der Waals surface area contributed by atoms with E-state index >= 15 is 0 Å². The van der Waals surface area contributed by atoms with Crippen LogP contribution in [0.25, 0.3) is 0 Å². The molecule has 0 aromatic heterocycles. The van der Waals surface area contributed by atoms with Crippen molar-refractivity contribution in [2.75, 3.05) is 10.6 Å². The van der Waals surface area contributed by atoms with E-state index in [4.69, 9.17) is 11.6 Å². The molecule has 0 bridgehead atoms. The summed E-state index contributed by atoms with van der Waals surface area (Å²) in [6, 6.07) is 10.3. The largest absolute Gasteiger partial charge is 0.323 e. The number of benzene rings is 2.